The lowest BCUT2D eigenvalue weighted by Gasteiger charge is -2.24. The van der Waals surface area contributed by atoms with Gasteiger partial charge in [-0.3, -0.25) is 14.4 Å². The van der Waals surface area contributed by atoms with Crippen LogP contribution in [0.15, 0.2) is 0 Å². The predicted molar refractivity (Wildman–Crippen MR) is 115 cm³/mol. The summed E-state index contributed by atoms with van der Waals surface area (Å²) in [4.78, 5) is 48.3. The van der Waals surface area contributed by atoms with Crippen LogP contribution in [0.4, 0.5) is 0 Å². The fourth-order valence-corrected chi connectivity index (χ4v) is 2.83. The molecule has 0 fully saturated rings. The number of aliphatic hydroxyl groups excluding tert-OH is 1. The van der Waals surface area contributed by atoms with Crippen molar-refractivity contribution in [1.29, 1.82) is 0 Å². The average molecular weight is 450 g/mol. The second kappa shape index (κ2) is 15.0. The Bertz CT molecular complexity index is 577. The van der Waals surface area contributed by atoms with E-state index in [1.54, 1.807) is 0 Å². The summed E-state index contributed by atoms with van der Waals surface area (Å²) < 4.78 is 0. The molecular formula is C18H35N5O6S. The van der Waals surface area contributed by atoms with E-state index in [1.165, 1.54) is 0 Å². The first-order valence-electron chi connectivity index (χ1n) is 9.88. The molecule has 0 aliphatic carbocycles. The molecule has 0 aromatic carbocycles. The highest BCUT2D eigenvalue weighted by atomic mass is 32.1. The molecule has 0 aromatic heterocycles. The predicted octanol–water partition coefficient (Wildman–Crippen LogP) is -2.05. The Kier molecular flexibility index (Phi) is 14.0. The Morgan fingerprint density at radius 1 is 0.933 bits per heavy atom. The molecule has 4 atom stereocenters. The van der Waals surface area contributed by atoms with Gasteiger partial charge in [0.1, 0.15) is 18.1 Å². The molecule has 0 heterocycles. The van der Waals surface area contributed by atoms with Crippen LogP contribution >= 0.6 is 12.6 Å². The van der Waals surface area contributed by atoms with E-state index in [9.17, 15) is 24.3 Å². The van der Waals surface area contributed by atoms with Gasteiger partial charge in [0.2, 0.25) is 17.7 Å². The Morgan fingerprint density at radius 2 is 1.47 bits per heavy atom. The zero-order valence-corrected chi connectivity index (χ0v) is 18.4. The topological polar surface area (TPSA) is 197 Å². The molecule has 0 saturated carbocycles. The molecule has 0 aromatic rings. The smallest absolute Gasteiger partial charge is 0.327 e. The number of unbranched alkanes of at least 4 members (excludes halogenated alkanes) is 1. The third-order valence-corrected chi connectivity index (χ3v) is 4.62. The zero-order valence-electron chi connectivity index (χ0n) is 17.5. The van der Waals surface area contributed by atoms with Crippen molar-refractivity contribution in [2.24, 2.45) is 17.4 Å². The highest BCUT2D eigenvalue weighted by molar-refractivity contribution is 7.80. The van der Waals surface area contributed by atoms with Gasteiger partial charge in [0.15, 0.2) is 0 Å². The maximum Gasteiger partial charge on any atom is 0.327 e. The molecule has 0 rings (SSSR count). The molecule has 0 spiro atoms. The summed E-state index contributed by atoms with van der Waals surface area (Å²) >= 11 is 3.89. The molecule has 11 nitrogen and oxygen atoms in total. The third kappa shape index (κ3) is 10.8. The van der Waals surface area contributed by atoms with Gasteiger partial charge in [0.05, 0.1) is 12.6 Å². The Balaban J connectivity index is 5.14. The van der Waals surface area contributed by atoms with E-state index in [4.69, 9.17) is 16.6 Å². The summed E-state index contributed by atoms with van der Waals surface area (Å²) in [6, 6.07) is -4.44. The normalized spacial score (nSPS) is 15.0. The Labute approximate surface area is 182 Å². The van der Waals surface area contributed by atoms with Gasteiger partial charge < -0.3 is 37.6 Å². The number of rotatable bonds is 15. The molecule has 3 amide bonds. The number of carboxylic acid groups (broad SMARTS) is 1. The molecule has 9 N–H and O–H groups in total. The summed E-state index contributed by atoms with van der Waals surface area (Å²) in [5, 5.41) is 25.7. The minimum Gasteiger partial charge on any atom is -0.480 e. The van der Waals surface area contributed by atoms with Crippen molar-refractivity contribution in [3.8, 4) is 0 Å². The number of thiol groups is 1. The minimum absolute atomic E-state index is 0.131. The van der Waals surface area contributed by atoms with Crippen LogP contribution in [-0.4, -0.2) is 77.0 Å². The largest absolute Gasteiger partial charge is 0.480 e. The van der Waals surface area contributed by atoms with E-state index in [-0.39, 0.29) is 18.1 Å². The zero-order chi connectivity index (χ0) is 23.3. The van der Waals surface area contributed by atoms with Gasteiger partial charge in [-0.05, 0) is 38.1 Å². The Morgan fingerprint density at radius 3 is 1.93 bits per heavy atom. The SMILES string of the molecule is CC(C)CC(N)C(=O)NC(CO)C(=O)NC(CCCCN)C(=O)NC(CS)C(=O)O. The lowest BCUT2D eigenvalue weighted by Crippen LogP contribution is -2.58. The highest BCUT2D eigenvalue weighted by Gasteiger charge is 2.29. The number of nitrogens with two attached hydrogens (primary N) is 2. The second-order valence-corrected chi connectivity index (χ2v) is 7.77. The number of carbonyl (C=O) groups is 4. The maximum atomic E-state index is 12.5. The maximum absolute atomic E-state index is 12.5. The molecule has 0 saturated heterocycles. The van der Waals surface area contributed by atoms with E-state index in [2.05, 4.69) is 28.6 Å². The summed E-state index contributed by atoms with van der Waals surface area (Å²) in [5.41, 5.74) is 11.2. The number of nitrogens with one attached hydrogen (secondary N) is 3. The molecule has 30 heavy (non-hydrogen) atoms. The number of hydrogen-bond acceptors (Lipinski definition) is 8. The van der Waals surface area contributed by atoms with Crippen molar-refractivity contribution < 1.29 is 29.4 Å². The Hall–Kier alpha value is -1.89. The minimum atomic E-state index is -1.30. The van der Waals surface area contributed by atoms with Crippen LogP contribution in [-0.2, 0) is 19.2 Å². The van der Waals surface area contributed by atoms with Crippen molar-refractivity contribution in [1.82, 2.24) is 16.0 Å². The monoisotopic (exact) mass is 449 g/mol. The van der Waals surface area contributed by atoms with Crippen LogP contribution in [0.5, 0.6) is 0 Å². The van der Waals surface area contributed by atoms with E-state index in [0.29, 0.717) is 25.8 Å². The fourth-order valence-electron chi connectivity index (χ4n) is 2.58. The molecule has 0 radical (unpaired) electrons. The number of aliphatic carboxylic acids is 1. The average Bonchev–Trinajstić information content (AvgIpc) is 2.68. The van der Waals surface area contributed by atoms with Crippen molar-refractivity contribution in [2.45, 2.75) is 63.7 Å². The van der Waals surface area contributed by atoms with Gasteiger partial charge in [0.25, 0.3) is 0 Å². The van der Waals surface area contributed by atoms with Crippen LogP contribution in [0.25, 0.3) is 0 Å². The molecule has 174 valence electrons. The fraction of sp³-hybridized carbons (Fsp3) is 0.778. The first-order chi connectivity index (χ1) is 14.1. The van der Waals surface area contributed by atoms with Gasteiger partial charge in [-0.15, -0.1) is 0 Å². The molecule has 4 unspecified atom stereocenters. The molecule has 0 bridgehead atoms. The molecule has 12 heteroatoms. The van der Waals surface area contributed by atoms with Gasteiger partial charge in [-0.2, -0.15) is 12.6 Å². The first-order valence-corrected chi connectivity index (χ1v) is 10.5. The lowest BCUT2D eigenvalue weighted by atomic mass is 10.0. The van der Waals surface area contributed by atoms with Crippen molar-refractivity contribution >= 4 is 36.3 Å². The second-order valence-electron chi connectivity index (χ2n) is 7.41. The van der Waals surface area contributed by atoms with Gasteiger partial charge >= 0.3 is 5.97 Å². The number of aliphatic hydroxyl groups is 1. The quantitative estimate of drug-likeness (QED) is 0.103. The van der Waals surface area contributed by atoms with Gasteiger partial charge in [-0.1, -0.05) is 13.8 Å². The van der Waals surface area contributed by atoms with E-state index < -0.39 is 54.5 Å². The van der Waals surface area contributed by atoms with E-state index >= 15 is 0 Å². The van der Waals surface area contributed by atoms with E-state index in [1.807, 2.05) is 13.8 Å². The third-order valence-electron chi connectivity index (χ3n) is 4.25. The lowest BCUT2D eigenvalue weighted by molar-refractivity contribution is -0.141. The summed E-state index contributed by atoms with van der Waals surface area (Å²) in [7, 11) is 0. The summed E-state index contributed by atoms with van der Waals surface area (Å²) in [5.74, 6) is -3.31. The number of carbonyl (C=O) groups excluding carboxylic acids is 3. The van der Waals surface area contributed by atoms with E-state index in [0.717, 1.165) is 0 Å². The number of carboxylic acids is 1. The van der Waals surface area contributed by atoms with Crippen LogP contribution in [0.1, 0.15) is 39.5 Å². The van der Waals surface area contributed by atoms with Crippen molar-refractivity contribution in [2.75, 3.05) is 18.9 Å². The standard InChI is InChI=1S/C18H35N5O6S/c1-10(2)7-11(20)15(25)22-13(8-24)17(27)21-12(5-3-4-6-19)16(26)23-14(9-30)18(28)29/h10-14,24,30H,3-9,19-20H2,1-2H3,(H,21,27)(H,22,25)(H,23,26)(H,28,29). The molecule has 0 aliphatic heterocycles. The van der Waals surface area contributed by atoms with Crippen LogP contribution in [0, 0.1) is 5.92 Å². The van der Waals surface area contributed by atoms with Gasteiger partial charge in [-0.25, -0.2) is 4.79 Å². The number of amides is 3. The molecule has 0 aliphatic rings. The molecular weight excluding hydrogens is 414 g/mol. The van der Waals surface area contributed by atoms with Crippen molar-refractivity contribution in [3.05, 3.63) is 0 Å². The highest BCUT2D eigenvalue weighted by Crippen LogP contribution is 2.05. The van der Waals surface area contributed by atoms with Gasteiger partial charge in [0, 0.05) is 5.75 Å². The summed E-state index contributed by atoms with van der Waals surface area (Å²) in [6.07, 6.45) is 1.70. The van der Waals surface area contributed by atoms with Crippen LogP contribution < -0.4 is 27.4 Å². The van der Waals surface area contributed by atoms with Crippen LogP contribution in [0.3, 0.4) is 0 Å². The number of hydrogen-bond donors (Lipinski definition) is 8. The first kappa shape index (κ1) is 28.1. The summed E-state index contributed by atoms with van der Waals surface area (Å²) in [6.45, 7) is 3.48. The van der Waals surface area contributed by atoms with Crippen molar-refractivity contribution in [3.63, 3.8) is 0 Å². The van der Waals surface area contributed by atoms with Crippen LogP contribution in [0.2, 0.25) is 0 Å².